The molecule has 0 radical (unpaired) electrons. The molecule has 2 N–H and O–H groups in total. The van der Waals surface area contributed by atoms with Crippen molar-refractivity contribution in [3.8, 4) is 5.75 Å². The lowest BCUT2D eigenvalue weighted by Gasteiger charge is -2.09. The summed E-state index contributed by atoms with van der Waals surface area (Å²) in [6, 6.07) is 7.39. The first-order valence-corrected chi connectivity index (χ1v) is 7.95. The second-order valence-electron chi connectivity index (χ2n) is 4.36. The summed E-state index contributed by atoms with van der Waals surface area (Å²) in [7, 11) is -2.97. The lowest BCUT2D eigenvalue weighted by Crippen LogP contribution is -2.16. The first kappa shape index (κ1) is 15.0. The molecule has 0 spiro atoms. The highest BCUT2D eigenvalue weighted by Gasteiger charge is 2.09. The molecule has 0 aliphatic heterocycles. The maximum absolute atomic E-state index is 11.5. The molecule has 102 valence electrons. The molecule has 0 saturated carbocycles. The van der Waals surface area contributed by atoms with Crippen LogP contribution in [-0.4, -0.2) is 26.5 Å². The normalized spacial score (nSPS) is 13.3. The van der Waals surface area contributed by atoms with Crippen molar-refractivity contribution in [2.45, 2.75) is 26.3 Å². The fourth-order valence-electron chi connectivity index (χ4n) is 1.57. The highest BCUT2D eigenvalue weighted by atomic mass is 32.2. The summed E-state index contributed by atoms with van der Waals surface area (Å²) in [6.07, 6.45) is 0.644. The van der Waals surface area contributed by atoms with Gasteiger partial charge in [-0.05, 0) is 31.0 Å². The van der Waals surface area contributed by atoms with Gasteiger partial charge in [-0.15, -0.1) is 0 Å². The predicted molar refractivity (Wildman–Crippen MR) is 73.5 cm³/mol. The average molecular weight is 271 g/mol. The Hall–Kier alpha value is -1.07. The zero-order valence-corrected chi connectivity index (χ0v) is 11.7. The predicted octanol–water partition coefficient (Wildman–Crippen LogP) is 1.91. The zero-order valence-electron chi connectivity index (χ0n) is 10.9. The Morgan fingerprint density at radius 1 is 1.22 bits per heavy atom. The van der Waals surface area contributed by atoms with E-state index in [0.717, 1.165) is 5.56 Å². The minimum absolute atomic E-state index is 0.0102. The number of nitrogens with two attached hydrogens (primary N) is 1. The van der Waals surface area contributed by atoms with Gasteiger partial charge in [0.1, 0.15) is 12.4 Å². The molecule has 0 saturated heterocycles. The molecule has 5 heteroatoms. The third-order valence-electron chi connectivity index (χ3n) is 2.58. The van der Waals surface area contributed by atoms with Crippen LogP contribution in [0.15, 0.2) is 24.3 Å². The lowest BCUT2D eigenvalue weighted by atomic mass is 10.1. The van der Waals surface area contributed by atoms with Crippen molar-refractivity contribution in [2.24, 2.45) is 5.73 Å². The van der Waals surface area contributed by atoms with E-state index in [4.69, 9.17) is 10.5 Å². The maximum Gasteiger partial charge on any atom is 0.153 e. The van der Waals surface area contributed by atoms with E-state index in [1.807, 2.05) is 38.1 Å². The summed E-state index contributed by atoms with van der Waals surface area (Å²) in [5.41, 5.74) is 6.76. The van der Waals surface area contributed by atoms with Gasteiger partial charge in [0, 0.05) is 6.04 Å². The summed E-state index contributed by atoms with van der Waals surface area (Å²) in [5, 5.41) is 0. The van der Waals surface area contributed by atoms with Crippen LogP contribution in [-0.2, 0) is 9.84 Å². The van der Waals surface area contributed by atoms with Crippen LogP contribution in [0.4, 0.5) is 0 Å². The monoisotopic (exact) mass is 271 g/mol. The SMILES string of the molecule is CCCS(=O)(=O)CCOc1ccc([C@@H](C)N)cc1. The van der Waals surface area contributed by atoms with Crippen molar-refractivity contribution in [1.82, 2.24) is 0 Å². The smallest absolute Gasteiger partial charge is 0.153 e. The van der Waals surface area contributed by atoms with Gasteiger partial charge in [-0.2, -0.15) is 0 Å². The third-order valence-corrected chi connectivity index (χ3v) is 4.40. The van der Waals surface area contributed by atoms with Gasteiger partial charge in [0.15, 0.2) is 9.84 Å². The summed E-state index contributed by atoms with van der Waals surface area (Å²) in [5.74, 6) is 0.960. The Balaban J connectivity index is 2.45. The molecule has 1 atom stereocenters. The van der Waals surface area contributed by atoms with Crippen molar-refractivity contribution in [2.75, 3.05) is 18.1 Å². The Bertz CT molecular complexity index is 452. The summed E-state index contributed by atoms with van der Waals surface area (Å²) in [6.45, 7) is 3.96. The fraction of sp³-hybridized carbons (Fsp3) is 0.538. The van der Waals surface area contributed by atoms with E-state index >= 15 is 0 Å². The van der Waals surface area contributed by atoms with Crippen LogP contribution in [0.3, 0.4) is 0 Å². The van der Waals surface area contributed by atoms with Crippen molar-refractivity contribution < 1.29 is 13.2 Å². The summed E-state index contributed by atoms with van der Waals surface area (Å²) >= 11 is 0. The molecule has 0 amide bonds. The van der Waals surface area contributed by atoms with Crippen molar-refractivity contribution in [3.63, 3.8) is 0 Å². The Morgan fingerprint density at radius 2 is 1.83 bits per heavy atom. The second kappa shape index (κ2) is 6.75. The van der Waals surface area contributed by atoms with Gasteiger partial charge < -0.3 is 10.5 Å². The number of rotatable bonds is 7. The van der Waals surface area contributed by atoms with Crippen molar-refractivity contribution in [1.29, 1.82) is 0 Å². The van der Waals surface area contributed by atoms with Crippen LogP contribution in [0.1, 0.15) is 31.9 Å². The molecule has 0 unspecified atom stereocenters. The number of sulfone groups is 1. The zero-order chi connectivity index (χ0) is 13.6. The number of benzene rings is 1. The molecule has 1 aromatic rings. The highest BCUT2D eigenvalue weighted by molar-refractivity contribution is 7.91. The minimum atomic E-state index is -2.97. The van der Waals surface area contributed by atoms with Crippen LogP contribution in [0.25, 0.3) is 0 Å². The molecule has 0 heterocycles. The molecule has 0 bridgehead atoms. The van der Waals surface area contributed by atoms with Crippen LogP contribution >= 0.6 is 0 Å². The number of ether oxygens (including phenoxy) is 1. The molecule has 0 fully saturated rings. The van der Waals surface area contributed by atoms with Crippen LogP contribution in [0, 0.1) is 0 Å². The van der Waals surface area contributed by atoms with Crippen LogP contribution in [0.2, 0.25) is 0 Å². The molecular formula is C13H21NO3S. The van der Waals surface area contributed by atoms with E-state index in [9.17, 15) is 8.42 Å². The maximum atomic E-state index is 11.5. The van der Waals surface area contributed by atoms with Gasteiger partial charge in [0.2, 0.25) is 0 Å². The molecule has 1 rings (SSSR count). The topological polar surface area (TPSA) is 69.4 Å². The van der Waals surface area contributed by atoms with Crippen molar-refractivity contribution in [3.05, 3.63) is 29.8 Å². The Morgan fingerprint density at radius 3 is 2.33 bits per heavy atom. The minimum Gasteiger partial charge on any atom is -0.493 e. The van der Waals surface area contributed by atoms with E-state index in [0.29, 0.717) is 12.2 Å². The van der Waals surface area contributed by atoms with Crippen molar-refractivity contribution >= 4 is 9.84 Å². The molecule has 4 nitrogen and oxygen atoms in total. The van der Waals surface area contributed by atoms with Crippen LogP contribution < -0.4 is 10.5 Å². The van der Waals surface area contributed by atoms with Gasteiger partial charge in [-0.1, -0.05) is 19.1 Å². The van der Waals surface area contributed by atoms with Crippen LogP contribution in [0.5, 0.6) is 5.75 Å². The quantitative estimate of drug-likeness (QED) is 0.822. The van der Waals surface area contributed by atoms with E-state index in [1.165, 1.54) is 0 Å². The van der Waals surface area contributed by atoms with Gasteiger partial charge in [-0.3, -0.25) is 0 Å². The average Bonchev–Trinajstić information content (AvgIpc) is 2.29. The molecular weight excluding hydrogens is 250 g/mol. The van der Waals surface area contributed by atoms with E-state index < -0.39 is 9.84 Å². The number of hydrogen-bond donors (Lipinski definition) is 1. The summed E-state index contributed by atoms with van der Waals surface area (Å²) in [4.78, 5) is 0. The first-order chi connectivity index (χ1) is 8.44. The van der Waals surface area contributed by atoms with E-state index in [1.54, 1.807) is 0 Å². The highest BCUT2D eigenvalue weighted by Crippen LogP contribution is 2.16. The molecule has 0 aromatic heterocycles. The first-order valence-electron chi connectivity index (χ1n) is 6.13. The fourth-order valence-corrected chi connectivity index (χ4v) is 2.73. The van der Waals surface area contributed by atoms with Gasteiger partial charge in [0.25, 0.3) is 0 Å². The Kier molecular flexibility index (Phi) is 5.62. The van der Waals surface area contributed by atoms with Gasteiger partial charge in [0.05, 0.1) is 11.5 Å². The lowest BCUT2D eigenvalue weighted by molar-refractivity contribution is 0.340. The third kappa shape index (κ3) is 5.06. The second-order valence-corrected chi connectivity index (χ2v) is 6.66. The molecule has 0 aliphatic carbocycles. The van der Waals surface area contributed by atoms with Gasteiger partial charge in [-0.25, -0.2) is 8.42 Å². The van der Waals surface area contributed by atoms with Gasteiger partial charge >= 0.3 is 0 Å². The largest absolute Gasteiger partial charge is 0.493 e. The standard InChI is InChI=1S/C13H21NO3S/c1-3-9-18(15,16)10-8-17-13-6-4-12(5-7-13)11(2)14/h4-7,11H,3,8-10,14H2,1-2H3/t11-/m1/s1. The van der Waals surface area contributed by atoms with E-state index in [-0.39, 0.29) is 24.2 Å². The Labute approximate surface area is 109 Å². The molecule has 1 aromatic carbocycles. The number of hydrogen-bond acceptors (Lipinski definition) is 4. The summed E-state index contributed by atoms with van der Waals surface area (Å²) < 4.78 is 28.3. The molecule has 18 heavy (non-hydrogen) atoms. The molecule has 0 aliphatic rings. The van der Waals surface area contributed by atoms with E-state index in [2.05, 4.69) is 0 Å².